The van der Waals surface area contributed by atoms with Crippen LogP contribution >= 0.6 is 0 Å². The Morgan fingerprint density at radius 1 is 1.27 bits per heavy atom. The molecule has 1 amide bonds. The minimum absolute atomic E-state index is 0.195. The van der Waals surface area contributed by atoms with Crippen molar-refractivity contribution in [2.24, 2.45) is 0 Å². The van der Waals surface area contributed by atoms with E-state index < -0.39 is 0 Å². The van der Waals surface area contributed by atoms with Gasteiger partial charge in [-0.3, -0.25) is 4.79 Å². The average Bonchev–Trinajstić information content (AvgIpc) is 3.16. The van der Waals surface area contributed by atoms with Gasteiger partial charge in [0.05, 0.1) is 23.5 Å². The predicted molar refractivity (Wildman–Crippen MR) is 80.7 cm³/mol. The van der Waals surface area contributed by atoms with Gasteiger partial charge in [0.1, 0.15) is 5.76 Å². The van der Waals surface area contributed by atoms with E-state index in [9.17, 15) is 4.79 Å². The molecule has 3 rings (SSSR count). The Kier molecular flexibility index (Phi) is 3.74. The van der Waals surface area contributed by atoms with Crippen LogP contribution in [0.15, 0.2) is 47.1 Å². The molecule has 0 saturated carbocycles. The molecule has 0 aliphatic heterocycles. The molecule has 0 fully saturated rings. The van der Waals surface area contributed by atoms with Crippen molar-refractivity contribution in [1.29, 1.82) is 0 Å². The second-order valence-electron chi connectivity index (χ2n) is 4.90. The van der Waals surface area contributed by atoms with Crippen LogP contribution in [-0.4, -0.2) is 20.7 Å². The molecule has 0 atom stereocenters. The second-order valence-corrected chi connectivity index (χ2v) is 4.90. The molecule has 2 aromatic heterocycles. The average molecular weight is 296 g/mol. The Balaban J connectivity index is 1.78. The maximum atomic E-state index is 12.4. The standard InChI is InChI=1S/C16H16N4O2/c1-11-12(2)22-15(19-11)10-17-16(21)13-6-3-4-7-14(13)20-9-5-8-18-20/h3-9H,10H2,1-2H3,(H,17,21). The number of carbonyl (C=O) groups is 1. The summed E-state index contributed by atoms with van der Waals surface area (Å²) in [5.41, 5.74) is 2.11. The highest BCUT2D eigenvalue weighted by Gasteiger charge is 2.13. The lowest BCUT2D eigenvalue weighted by atomic mass is 10.1. The normalized spacial score (nSPS) is 10.6. The topological polar surface area (TPSA) is 73.0 Å². The number of para-hydroxylation sites is 1. The van der Waals surface area contributed by atoms with E-state index in [1.165, 1.54) is 0 Å². The number of benzene rings is 1. The molecular weight excluding hydrogens is 280 g/mol. The monoisotopic (exact) mass is 296 g/mol. The van der Waals surface area contributed by atoms with E-state index in [1.807, 2.05) is 38.1 Å². The lowest BCUT2D eigenvalue weighted by Crippen LogP contribution is -2.24. The molecule has 3 aromatic rings. The molecule has 6 heteroatoms. The maximum absolute atomic E-state index is 12.4. The van der Waals surface area contributed by atoms with E-state index in [2.05, 4.69) is 15.4 Å². The highest BCUT2D eigenvalue weighted by molar-refractivity contribution is 5.97. The van der Waals surface area contributed by atoms with Crippen molar-refractivity contribution in [2.45, 2.75) is 20.4 Å². The summed E-state index contributed by atoms with van der Waals surface area (Å²) in [6, 6.07) is 9.11. The molecule has 0 aliphatic rings. The van der Waals surface area contributed by atoms with E-state index >= 15 is 0 Å². The fourth-order valence-corrected chi connectivity index (χ4v) is 2.14. The fourth-order valence-electron chi connectivity index (χ4n) is 2.14. The molecule has 22 heavy (non-hydrogen) atoms. The molecule has 2 heterocycles. The van der Waals surface area contributed by atoms with Crippen molar-refractivity contribution in [3.05, 3.63) is 65.6 Å². The van der Waals surface area contributed by atoms with Crippen molar-refractivity contribution in [3.8, 4) is 5.69 Å². The molecule has 1 aromatic carbocycles. The first-order valence-corrected chi connectivity index (χ1v) is 6.95. The third-order valence-electron chi connectivity index (χ3n) is 3.37. The van der Waals surface area contributed by atoms with Gasteiger partial charge in [0.2, 0.25) is 5.89 Å². The van der Waals surface area contributed by atoms with Gasteiger partial charge < -0.3 is 9.73 Å². The molecular formula is C16H16N4O2. The maximum Gasteiger partial charge on any atom is 0.253 e. The molecule has 0 radical (unpaired) electrons. The Hall–Kier alpha value is -2.89. The van der Waals surface area contributed by atoms with Crippen molar-refractivity contribution in [3.63, 3.8) is 0 Å². The number of aromatic nitrogens is 3. The number of aryl methyl sites for hydroxylation is 2. The lowest BCUT2D eigenvalue weighted by Gasteiger charge is -2.09. The van der Waals surface area contributed by atoms with Gasteiger partial charge in [-0.25, -0.2) is 9.67 Å². The molecule has 0 bridgehead atoms. The van der Waals surface area contributed by atoms with Crippen LogP contribution in [0.3, 0.4) is 0 Å². The lowest BCUT2D eigenvalue weighted by molar-refractivity contribution is 0.0947. The summed E-state index contributed by atoms with van der Waals surface area (Å²) in [4.78, 5) is 16.7. The Morgan fingerprint density at radius 2 is 2.09 bits per heavy atom. The zero-order chi connectivity index (χ0) is 15.5. The molecule has 6 nitrogen and oxygen atoms in total. The van der Waals surface area contributed by atoms with Crippen molar-refractivity contribution in [1.82, 2.24) is 20.1 Å². The van der Waals surface area contributed by atoms with Crippen LogP contribution in [0.4, 0.5) is 0 Å². The third-order valence-corrected chi connectivity index (χ3v) is 3.37. The summed E-state index contributed by atoms with van der Waals surface area (Å²) in [6.45, 7) is 3.97. The zero-order valence-corrected chi connectivity index (χ0v) is 12.4. The van der Waals surface area contributed by atoms with Gasteiger partial charge in [-0.1, -0.05) is 12.1 Å². The largest absolute Gasteiger partial charge is 0.444 e. The quantitative estimate of drug-likeness (QED) is 0.802. The van der Waals surface area contributed by atoms with Crippen LogP contribution in [0, 0.1) is 13.8 Å². The van der Waals surface area contributed by atoms with Crippen molar-refractivity contribution >= 4 is 5.91 Å². The summed E-state index contributed by atoms with van der Waals surface area (Å²) in [5, 5.41) is 6.99. The Morgan fingerprint density at radius 3 is 2.77 bits per heavy atom. The van der Waals surface area contributed by atoms with Crippen LogP contribution in [0.25, 0.3) is 5.69 Å². The molecule has 0 spiro atoms. The number of hydrogen-bond acceptors (Lipinski definition) is 4. The van der Waals surface area contributed by atoms with E-state index in [4.69, 9.17) is 4.42 Å². The number of rotatable bonds is 4. The van der Waals surface area contributed by atoms with Crippen LogP contribution in [0.5, 0.6) is 0 Å². The van der Waals surface area contributed by atoms with Crippen LogP contribution in [0.1, 0.15) is 27.7 Å². The van der Waals surface area contributed by atoms with Crippen molar-refractivity contribution in [2.75, 3.05) is 0 Å². The van der Waals surface area contributed by atoms with E-state index in [1.54, 1.807) is 23.1 Å². The highest BCUT2D eigenvalue weighted by Crippen LogP contribution is 2.14. The van der Waals surface area contributed by atoms with E-state index in [0.717, 1.165) is 17.1 Å². The Bertz CT molecular complexity index is 771. The second kappa shape index (κ2) is 5.85. The van der Waals surface area contributed by atoms with Crippen LogP contribution < -0.4 is 5.32 Å². The first kappa shape index (κ1) is 14.1. The number of carbonyl (C=O) groups excluding carboxylic acids is 1. The van der Waals surface area contributed by atoms with Gasteiger partial charge in [-0.2, -0.15) is 5.10 Å². The molecule has 1 N–H and O–H groups in total. The van der Waals surface area contributed by atoms with Crippen LogP contribution in [0.2, 0.25) is 0 Å². The molecule has 0 saturated heterocycles. The molecule has 112 valence electrons. The zero-order valence-electron chi connectivity index (χ0n) is 12.4. The molecule has 0 unspecified atom stereocenters. The SMILES string of the molecule is Cc1nc(CNC(=O)c2ccccc2-n2cccn2)oc1C. The van der Waals surface area contributed by atoms with Gasteiger partial charge in [0.15, 0.2) is 0 Å². The summed E-state index contributed by atoms with van der Waals surface area (Å²) in [6.07, 6.45) is 3.47. The highest BCUT2D eigenvalue weighted by atomic mass is 16.4. The number of amides is 1. The first-order chi connectivity index (χ1) is 10.6. The predicted octanol–water partition coefficient (Wildman–Crippen LogP) is 2.41. The van der Waals surface area contributed by atoms with Gasteiger partial charge in [0.25, 0.3) is 5.91 Å². The third kappa shape index (κ3) is 2.76. The summed E-state index contributed by atoms with van der Waals surface area (Å²) in [5.74, 6) is 1.07. The number of nitrogens with one attached hydrogen (secondary N) is 1. The number of nitrogens with zero attached hydrogens (tertiary/aromatic N) is 3. The van der Waals surface area contributed by atoms with Gasteiger partial charge >= 0.3 is 0 Å². The number of oxazole rings is 1. The van der Waals surface area contributed by atoms with Crippen molar-refractivity contribution < 1.29 is 9.21 Å². The minimum atomic E-state index is -0.195. The number of hydrogen-bond donors (Lipinski definition) is 1. The summed E-state index contributed by atoms with van der Waals surface area (Å²) >= 11 is 0. The van der Waals surface area contributed by atoms with Crippen LogP contribution in [-0.2, 0) is 6.54 Å². The van der Waals surface area contributed by atoms with Gasteiger partial charge in [-0.15, -0.1) is 0 Å². The van der Waals surface area contributed by atoms with E-state index in [0.29, 0.717) is 11.5 Å². The fraction of sp³-hybridized carbons (Fsp3) is 0.188. The van der Waals surface area contributed by atoms with Gasteiger partial charge in [0, 0.05) is 12.4 Å². The Labute approximate surface area is 127 Å². The minimum Gasteiger partial charge on any atom is -0.444 e. The van der Waals surface area contributed by atoms with E-state index in [-0.39, 0.29) is 12.5 Å². The smallest absolute Gasteiger partial charge is 0.253 e. The molecule has 0 aliphatic carbocycles. The first-order valence-electron chi connectivity index (χ1n) is 6.95. The summed E-state index contributed by atoms with van der Waals surface area (Å²) < 4.78 is 7.12. The summed E-state index contributed by atoms with van der Waals surface area (Å²) in [7, 11) is 0. The van der Waals surface area contributed by atoms with Gasteiger partial charge in [-0.05, 0) is 32.0 Å².